The van der Waals surface area contributed by atoms with Crippen LogP contribution in [0.4, 0.5) is 0 Å². The quantitative estimate of drug-likeness (QED) is 0.148. The molecule has 1 aromatic heterocycles. The van der Waals surface area contributed by atoms with Gasteiger partial charge in [0.15, 0.2) is 6.29 Å². The molecule has 0 saturated heterocycles. The highest BCUT2D eigenvalue weighted by molar-refractivity contribution is 5.81. The van der Waals surface area contributed by atoms with E-state index in [1.807, 2.05) is 126 Å². The molecular formula is C37H30N2O4. The van der Waals surface area contributed by atoms with Crippen molar-refractivity contribution in [1.29, 1.82) is 0 Å². The minimum atomic E-state index is 0.416. The summed E-state index contributed by atoms with van der Waals surface area (Å²) in [6.45, 7) is 0.849. The molecule has 1 heterocycles. The molecule has 0 bridgehead atoms. The molecule has 0 amide bonds. The normalized spacial score (nSPS) is 10.7. The van der Waals surface area contributed by atoms with Gasteiger partial charge >= 0.3 is 0 Å². The van der Waals surface area contributed by atoms with Gasteiger partial charge in [0.05, 0.1) is 23.9 Å². The number of para-hydroxylation sites is 2. The van der Waals surface area contributed by atoms with Gasteiger partial charge < -0.3 is 14.2 Å². The van der Waals surface area contributed by atoms with E-state index < -0.39 is 0 Å². The number of carbonyl (C=O) groups excluding carboxylic acids is 1. The van der Waals surface area contributed by atoms with Crippen molar-refractivity contribution in [2.45, 2.75) is 13.2 Å². The summed E-state index contributed by atoms with van der Waals surface area (Å²) in [5.41, 5.74) is 5.74. The Morgan fingerprint density at radius 3 is 1.81 bits per heavy atom. The second-order valence-electron chi connectivity index (χ2n) is 9.90. The van der Waals surface area contributed by atoms with Crippen LogP contribution in [0.1, 0.15) is 21.5 Å². The van der Waals surface area contributed by atoms with Gasteiger partial charge in [-0.15, -0.1) is 0 Å². The molecule has 0 radical (unpaired) electrons. The number of nitrogens with zero attached hydrogens (tertiary/aromatic N) is 2. The number of hydrogen-bond donors (Lipinski definition) is 0. The van der Waals surface area contributed by atoms with Crippen LogP contribution < -0.4 is 14.2 Å². The molecule has 0 N–H and O–H groups in total. The first-order valence-corrected chi connectivity index (χ1v) is 14.0. The smallest absolute Gasteiger partial charge is 0.153 e. The number of ether oxygens (including phenoxy) is 3. The van der Waals surface area contributed by atoms with Crippen LogP contribution in [0.2, 0.25) is 0 Å². The molecule has 43 heavy (non-hydrogen) atoms. The minimum Gasteiger partial charge on any atom is -0.496 e. The summed E-state index contributed by atoms with van der Waals surface area (Å²) < 4.78 is 20.0. The molecule has 0 spiro atoms. The van der Waals surface area contributed by atoms with Gasteiger partial charge in [0, 0.05) is 17.4 Å². The first-order valence-electron chi connectivity index (χ1n) is 14.0. The lowest BCUT2D eigenvalue weighted by Crippen LogP contribution is -2.01. The summed E-state index contributed by atoms with van der Waals surface area (Å²) in [6.07, 6.45) is 2.76. The summed E-state index contributed by atoms with van der Waals surface area (Å²) in [6, 6.07) is 41.3. The molecule has 5 aromatic carbocycles. The summed E-state index contributed by atoms with van der Waals surface area (Å²) >= 11 is 0. The predicted octanol–water partition coefficient (Wildman–Crippen LogP) is 8.19. The van der Waals surface area contributed by atoms with Crippen molar-refractivity contribution >= 4 is 6.29 Å². The molecule has 0 aliphatic carbocycles. The van der Waals surface area contributed by atoms with Crippen molar-refractivity contribution in [3.05, 3.63) is 150 Å². The number of rotatable bonds is 11. The molecule has 0 aliphatic heterocycles. The predicted molar refractivity (Wildman–Crippen MR) is 168 cm³/mol. The third kappa shape index (κ3) is 6.19. The highest BCUT2D eigenvalue weighted by atomic mass is 16.5. The van der Waals surface area contributed by atoms with Crippen molar-refractivity contribution in [2.75, 3.05) is 7.11 Å². The Balaban J connectivity index is 1.44. The fourth-order valence-electron chi connectivity index (χ4n) is 4.91. The maximum atomic E-state index is 11.9. The van der Waals surface area contributed by atoms with Crippen LogP contribution in [-0.2, 0) is 13.2 Å². The molecule has 0 atom stereocenters. The Morgan fingerprint density at radius 1 is 0.651 bits per heavy atom. The Labute approximate surface area is 250 Å². The van der Waals surface area contributed by atoms with E-state index in [2.05, 4.69) is 0 Å². The van der Waals surface area contributed by atoms with Crippen molar-refractivity contribution < 1.29 is 19.0 Å². The average molecular weight is 567 g/mol. The summed E-state index contributed by atoms with van der Waals surface area (Å²) in [5, 5.41) is 0. The zero-order valence-corrected chi connectivity index (χ0v) is 23.7. The number of aldehydes is 1. The van der Waals surface area contributed by atoms with E-state index >= 15 is 0 Å². The molecular weight excluding hydrogens is 536 g/mol. The fourth-order valence-corrected chi connectivity index (χ4v) is 4.91. The van der Waals surface area contributed by atoms with E-state index in [0.717, 1.165) is 45.7 Å². The fraction of sp³-hybridized carbons (Fsp3) is 0.0811. The van der Waals surface area contributed by atoms with E-state index in [-0.39, 0.29) is 0 Å². The Morgan fingerprint density at radius 2 is 1.21 bits per heavy atom. The van der Waals surface area contributed by atoms with Gasteiger partial charge in [-0.25, -0.2) is 4.98 Å². The third-order valence-corrected chi connectivity index (χ3v) is 7.09. The molecule has 6 heteroatoms. The van der Waals surface area contributed by atoms with Crippen LogP contribution >= 0.6 is 0 Å². The first kappa shape index (κ1) is 27.5. The summed E-state index contributed by atoms with van der Waals surface area (Å²) in [5.74, 6) is 2.59. The molecule has 6 rings (SSSR count). The molecule has 6 nitrogen and oxygen atoms in total. The Hall–Kier alpha value is -5.62. The second-order valence-corrected chi connectivity index (χ2v) is 9.90. The van der Waals surface area contributed by atoms with E-state index in [1.54, 1.807) is 19.2 Å². The zero-order chi connectivity index (χ0) is 29.4. The first-order chi connectivity index (χ1) is 21.2. The molecule has 0 unspecified atom stereocenters. The van der Waals surface area contributed by atoms with Gasteiger partial charge in [0.2, 0.25) is 0 Å². The summed E-state index contributed by atoms with van der Waals surface area (Å²) in [4.78, 5) is 17.1. The van der Waals surface area contributed by atoms with Crippen LogP contribution in [0.3, 0.4) is 0 Å². The van der Waals surface area contributed by atoms with Crippen molar-refractivity contribution in [2.24, 2.45) is 0 Å². The Bertz CT molecular complexity index is 1830. The van der Waals surface area contributed by atoms with Crippen molar-refractivity contribution in [1.82, 2.24) is 9.55 Å². The number of benzene rings is 5. The van der Waals surface area contributed by atoms with Gasteiger partial charge in [0.25, 0.3) is 0 Å². The zero-order valence-electron chi connectivity index (χ0n) is 23.7. The van der Waals surface area contributed by atoms with Crippen LogP contribution in [0, 0.1) is 0 Å². The molecule has 0 fully saturated rings. The highest BCUT2D eigenvalue weighted by Crippen LogP contribution is 2.37. The maximum absolute atomic E-state index is 11.9. The van der Waals surface area contributed by atoms with E-state index in [1.165, 1.54) is 0 Å². The Kier molecular flexibility index (Phi) is 8.27. The van der Waals surface area contributed by atoms with E-state index in [4.69, 9.17) is 19.2 Å². The molecule has 212 valence electrons. The van der Waals surface area contributed by atoms with Crippen molar-refractivity contribution in [3.63, 3.8) is 0 Å². The number of aromatic nitrogens is 2. The molecule has 6 aromatic rings. The van der Waals surface area contributed by atoms with Crippen LogP contribution in [0.25, 0.3) is 28.3 Å². The van der Waals surface area contributed by atoms with E-state index in [9.17, 15) is 4.79 Å². The average Bonchev–Trinajstić information content (AvgIpc) is 3.52. The number of carbonyl (C=O) groups is 1. The number of imidazole rings is 1. The summed E-state index contributed by atoms with van der Waals surface area (Å²) in [7, 11) is 1.55. The van der Waals surface area contributed by atoms with Gasteiger partial charge in [-0.1, -0.05) is 84.9 Å². The van der Waals surface area contributed by atoms with Crippen LogP contribution in [0.15, 0.2) is 134 Å². The highest BCUT2D eigenvalue weighted by Gasteiger charge is 2.20. The van der Waals surface area contributed by atoms with E-state index in [0.29, 0.717) is 36.1 Å². The number of hydrogen-bond acceptors (Lipinski definition) is 5. The lowest BCUT2D eigenvalue weighted by Gasteiger charge is -2.14. The van der Waals surface area contributed by atoms with Crippen LogP contribution in [-0.4, -0.2) is 22.9 Å². The third-order valence-electron chi connectivity index (χ3n) is 7.09. The van der Waals surface area contributed by atoms with Gasteiger partial charge in [-0.05, 0) is 53.6 Å². The topological polar surface area (TPSA) is 62.6 Å². The lowest BCUT2D eigenvalue weighted by molar-refractivity contribution is 0.112. The number of methoxy groups -OCH3 is 1. The van der Waals surface area contributed by atoms with Crippen LogP contribution in [0.5, 0.6) is 17.2 Å². The molecule has 0 aliphatic rings. The van der Waals surface area contributed by atoms with Gasteiger partial charge in [0.1, 0.15) is 36.3 Å². The van der Waals surface area contributed by atoms with Crippen molar-refractivity contribution in [3.8, 4) is 45.6 Å². The minimum absolute atomic E-state index is 0.416. The largest absolute Gasteiger partial charge is 0.496 e. The molecule has 0 saturated carbocycles. The van der Waals surface area contributed by atoms with Gasteiger partial charge in [-0.3, -0.25) is 9.36 Å². The van der Waals surface area contributed by atoms with Gasteiger partial charge in [-0.2, -0.15) is 0 Å². The monoisotopic (exact) mass is 566 g/mol. The lowest BCUT2D eigenvalue weighted by atomic mass is 10.1. The standard InChI is InChI=1S/C37H30N2O4/c1-41-34-21-20-30(22-29(34)24-40)39-23-33(31-16-8-10-18-35(31)42-25-27-12-4-2-5-13-27)38-37(39)32-17-9-11-19-36(32)43-26-28-14-6-3-7-15-28/h2-24H,25-26H2,1H3. The maximum Gasteiger partial charge on any atom is 0.153 e. The SMILES string of the molecule is COc1ccc(-n2cc(-c3ccccc3OCc3ccccc3)nc2-c2ccccc2OCc2ccccc2)cc1C=O. The second kappa shape index (κ2) is 12.9.